The number of amides is 2. The number of hydrogen-bond acceptors (Lipinski definition) is 4. The van der Waals surface area contributed by atoms with Gasteiger partial charge in [-0.25, -0.2) is 9.59 Å². The zero-order valence-electron chi connectivity index (χ0n) is 23.0. The molecular weight excluding hydrogens is 464 g/mol. The number of rotatable bonds is 8. The number of likely N-dealkylation sites (tertiary alicyclic amines) is 2. The van der Waals surface area contributed by atoms with Gasteiger partial charge in [0.2, 0.25) is 0 Å². The molecule has 0 saturated carbocycles. The average Bonchev–Trinajstić information content (AvgIpc) is 3.59. The van der Waals surface area contributed by atoms with Gasteiger partial charge in [-0.05, 0) is 88.8 Å². The highest BCUT2D eigenvalue weighted by molar-refractivity contribution is 5.75. The third-order valence-electron chi connectivity index (χ3n) is 8.07. The fourth-order valence-electron chi connectivity index (χ4n) is 5.90. The van der Waals surface area contributed by atoms with E-state index in [1.165, 1.54) is 5.57 Å². The lowest BCUT2D eigenvalue weighted by Gasteiger charge is -2.33. The van der Waals surface area contributed by atoms with Crippen molar-refractivity contribution in [3.05, 3.63) is 47.1 Å². The molecule has 2 saturated heterocycles. The van der Waals surface area contributed by atoms with Gasteiger partial charge in [-0.15, -0.1) is 0 Å². The highest BCUT2D eigenvalue weighted by atomic mass is 16.6. The van der Waals surface area contributed by atoms with E-state index in [1.54, 1.807) is 9.80 Å². The third-order valence-corrected chi connectivity index (χ3v) is 8.07. The van der Waals surface area contributed by atoms with Gasteiger partial charge in [0.15, 0.2) is 0 Å². The molecule has 0 radical (unpaired) electrons. The van der Waals surface area contributed by atoms with Crippen LogP contribution >= 0.6 is 0 Å². The number of carbonyl (C=O) groups is 2. The molecule has 0 unspecified atom stereocenters. The van der Waals surface area contributed by atoms with Crippen LogP contribution in [0.1, 0.15) is 95.6 Å². The lowest BCUT2D eigenvalue weighted by atomic mass is 9.73. The smallest absolute Gasteiger partial charge is 0.410 e. The van der Waals surface area contributed by atoms with Crippen LogP contribution in [-0.2, 0) is 6.42 Å². The molecule has 0 aromatic heterocycles. The van der Waals surface area contributed by atoms with E-state index < -0.39 is 0 Å². The van der Waals surface area contributed by atoms with Crippen molar-refractivity contribution in [3.8, 4) is 11.5 Å². The zero-order chi connectivity index (χ0) is 26.4. The summed E-state index contributed by atoms with van der Waals surface area (Å²) in [5, 5.41) is 0. The van der Waals surface area contributed by atoms with Crippen LogP contribution in [-0.4, -0.2) is 48.2 Å². The molecule has 37 heavy (non-hydrogen) atoms. The molecular formula is C31H44N2O4. The Balaban J connectivity index is 1.79. The van der Waals surface area contributed by atoms with E-state index in [4.69, 9.17) is 9.47 Å². The van der Waals surface area contributed by atoms with Crippen LogP contribution in [0.2, 0.25) is 0 Å². The summed E-state index contributed by atoms with van der Waals surface area (Å²) in [6.45, 7) is 13.6. The summed E-state index contributed by atoms with van der Waals surface area (Å²) >= 11 is 0. The fourth-order valence-corrected chi connectivity index (χ4v) is 5.90. The van der Waals surface area contributed by atoms with E-state index >= 15 is 0 Å². The highest BCUT2D eigenvalue weighted by Crippen LogP contribution is 2.47. The van der Waals surface area contributed by atoms with Crippen molar-refractivity contribution in [2.24, 2.45) is 5.92 Å². The van der Waals surface area contributed by atoms with Crippen molar-refractivity contribution < 1.29 is 19.1 Å². The van der Waals surface area contributed by atoms with E-state index in [-0.39, 0.29) is 24.0 Å². The predicted molar refractivity (Wildman–Crippen MR) is 147 cm³/mol. The second kappa shape index (κ2) is 12.7. The van der Waals surface area contributed by atoms with Gasteiger partial charge in [0.25, 0.3) is 0 Å². The Morgan fingerprint density at radius 1 is 0.946 bits per heavy atom. The molecule has 3 aliphatic rings. The summed E-state index contributed by atoms with van der Waals surface area (Å²) in [6.07, 6.45) is 11.7. The van der Waals surface area contributed by atoms with Crippen LogP contribution in [0.25, 0.3) is 0 Å². The first-order valence-electron chi connectivity index (χ1n) is 14.3. The number of unbranched alkanes of at least 4 members (excludes halogenated alkanes) is 2. The van der Waals surface area contributed by atoms with Gasteiger partial charge in [0.1, 0.15) is 11.5 Å². The summed E-state index contributed by atoms with van der Waals surface area (Å²) in [5.74, 6) is 1.16. The van der Waals surface area contributed by atoms with Gasteiger partial charge in [-0.3, -0.25) is 0 Å². The number of nitrogens with zero attached hydrogens (tertiary/aromatic N) is 2. The number of ether oxygens (including phenoxy) is 2. The standard InChI is InChI=1S/C31H44N2O4/c1-5-6-7-12-24-20-27(36-30(34)32-15-8-9-16-32)29(26-19-23(4)13-14-25(26)22(2)3)28(21-24)37-31(35)33-17-10-11-18-33/h19-21,25-26H,2,5-18H2,1,3-4H3/t25-,26+/m0/s1. The van der Waals surface area contributed by atoms with Gasteiger partial charge in [0.05, 0.1) is 0 Å². The second-order valence-electron chi connectivity index (χ2n) is 11.1. The van der Waals surface area contributed by atoms with Crippen molar-refractivity contribution in [3.63, 3.8) is 0 Å². The van der Waals surface area contributed by atoms with Crippen molar-refractivity contribution in [1.29, 1.82) is 0 Å². The molecule has 2 heterocycles. The Labute approximate surface area is 222 Å². The Morgan fingerprint density at radius 2 is 1.49 bits per heavy atom. The molecule has 1 aliphatic carbocycles. The Bertz CT molecular complexity index is 967. The van der Waals surface area contributed by atoms with E-state index in [2.05, 4.69) is 33.4 Å². The summed E-state index contributed by atoms with van der Waals surface area (Å²) in [5.41, 5.74) is 4.22. The van der Waals surface area contributed by atoms with Crippen molar-refractivity contribution in [2.45, 2.75) is 90.9 Å². The van der Waals surface area contributed by atoms with Crippen LogP contribution < -0.4 is 9.47 Å². The van der Waals surface area contributed by atoms with Crippen molar-refractivity contribution >= 4 is 12.2 Å². The van der Waals surface area contributed by atoms with E-state index in [1.807, 2.05) is 12.1 Å². The molecule has 6 nitrogen and oxygen atoms in total. The molecule has 0 spiro atoms. The Morgan fingerprint density at radius 3 is 1.97 bits per heavy atom. The molecule has 1 aromatic carbocycles. The van der Waals surface area contributed by atoms with Crippen LogP contribution in [0, 0.1) is 5.92 Å². The number of hydrogen-bond donors (Lipinski definition) is 0. The molecule has 2 aliphatic heterocycles. The van der Waals surface area contributed by atoms with Crippen LogP contribution in [0.5, 0.6) is 11.5 Å². The summed E-state index contributed by atoms with van der Waals surface area (Å²) in [6, 6.07) is 4.03. The van der Waals surface area contributed by atoms with E-state index in [9.17, 15) is 9.59 Å². The first kappa shape index (κ1) is 27.3. The normalized spacial score (nSPS) is 21.6. The first-order valence-corrected chi connectivity index (χ1v) is 14.3. The fraction of sp³-hybridized carbons (Fsp3) is 0.613. The average molecular weight is 509 g/mol. The van der Waals surface area contributed by atoms with Gasteiger partial charge in [-0.2, -0.15) is 0 Å². The van der Waals surface area contributed by atoms with Crippen LogP contribution in [0.3, 0.4) is 0 Å². The largest absolute Gasteiger partial charge is 0.415 e. The lowest BCUT2D eigenvalue weighted by molar-refractivity contribution is 0.159. The molecule has 2 amide bonds. The maximum atomic E-state index is 13.2. The minimum Gasteiger partial charge on any atom is -0.410 e. The third kappa shape index (κ3) is 6.77. The summed E-state index contributed by atoms with van der Waals surface area (Å²) in [7, 11) is 0. The maximum Gasteiger partial charge on any atom is 0.415 e. The van der Waals surface area contributed by atoms with Gasteiger partial charge in [-0.1, -0.05) is 43.6 Å². The molecule has 2 fully saturated rings. The quantitative estimate of drug-likeness (QED) is 0.268. The molecule has 1 aromatic rings. The number of aryl methyl sites for hydroxylation is 1. The minimum absolute atomic E-state index is 0.0707. The number of benzene rings is 1. The molecule has 4 rings (SSSR count). The zero-order valence-corrected chi connectivity index (χ0v) is 23.0. The summed E-state index contributed by atoms with van der Waals surface area (Å²) in [4.78, 5) is 30.0. The number of carbonyl (C=O) groups excluding carboxylic acids is 2. The Hall–Kier alpha value is -2.76. The molecule has 0 bridgehead atoms. The molecule has 2 atom stereocenters. The Kier molecular flexibility index (Phi) is 9.33. The van der Waals surface area contributed by atoms with E-state index in [0.717, 1.165) is 107 Å². The lowest BCUT2D eigenvalue weighted by Crippen LogP contribution is -2.32. The second-order valence-corrected chi connectivity index (χ2v) is 11.1. The molecule has 0 N–H and O–H groups in total. The molecule has 202 valence electrons. The highest BCUT2D eigenvalue weighted by Gasteiger charge is 2.34. The van der Waals surface area contributed by atoms with Crippen molar-refractivity contribution in [2.75, 3.05) is 26.2 Å². The minimum atomic E-state index is -0.315. The van der Waals surface area contributed by atoms with Gasteiger partial charge in [0, 0.05) is 37.7 Å². The molecule has 6 heteroatoms. The summed E-state index contributed by atoms with van der Waals surface area (Å²) < 4.78 is 12.3. The first-order chi connectivity index (χ1) is 17.9. The predicted octanol–water partition coefficient (Wildman–Crippen LogP) is 7.62. The number of allylic oxidation sites excluding steroid dienone is 3. The SMILES string of the molecule is C=C(C)[C@@H]1CCC(C)=C[C@H]1c1c(OC(=O)N2CCCC2)cc(CCCCC)cc1OC(=O)N1CCCC1. The van der Waals surface area contributed by atoms with Crippen molar-refractivity contribution in [1.82, 2.24) is 9.80 Å². The van der Waals surface area contributed by atoms with Crippen LogP contribution in [0.15, 0.2) is 35.9 Å². The monoisotopic (exact) mass is 508 g/mol. The van der Waals surface area contributed by atoms with Gasteiger partial charge >= 0.3 is 12.2 Å². The van der Waals surface area contributed by atoms with Crippen LogP contribution in [0.4, 0.5) is 9.59 Å². The maximum absolute atomic E-state index is 13.2. The van der Waals surface area contributed by atoms with E-state index in [0.29, 0.717) is 11.5 Å². The van der Waals surface area contributed by atoms with Gasteiger partial charge < -0.3 is 19.3 Å². The topological polar surface area (TPSA) is 59.1 Å².